The number of carbonyl (C=O) groups is 2. The van der Waals surface area contributed by atoms with Crippen LogP contribution in [-0.2, 0) is 14.3 Å². The van der Waals surface area contributed by atoms with Crippen LogP contribution in [0.1, 0.15) is 44.1 Å². The summed E-state index contributed by atoms with van der Waals surface area (Å²) in [6, 6.07) is 1.81. The van der Waals surface area contributed by atoms with Crippen molar-refractivity contribution in [2.45, 2.75) is 45.1 Å². The highest BCUT2D eigenvalue weighted by Crippen LogP contribution is 2.32. The summed E-state index contributed by atoms with van der Waals surface area (Å²) in [5.74, 6) is 1.49. The molecule has 2 aliphatic rings. The van der Waals surface area contributed by atoms with E-state index in [9.17, 15) is 9.59 Å². The molecule has 142 valence electrons. The van der Waals surface area contributed by atoms with Crippen LogP contribution in [0.3, 0.4) is 0 Å². The average molecular weight is 362 g/mol. The second-order valence-corrected chi connectivity index (χ2v) is 7.52. The monoisotopic (exact) mass is 362 g/mol. The van der Waals surface area contributed by atoms with Crippen molar-refractivity contribution in [3.63, 3.8) is 0 Å². The second kappa shape index (κ2) is 7.19. The van der Waals surface area contributed by atoms with E-state index in [1.807, 2.05) is 31.7 Å². The Morgan fingerprint density at radius 1 is 1.35 bits per heavy atom. The number of piperidine rings is 1. The lowest BCUT2D eigenvalue weighted by atomic mass is 9.95. The summed E-state index contributed by atoms with van der Waals surface area (Å²) in [4.78, 5) is 36.8. The predicted octanol–water partition coefficient (Wildman–Crippen LogP) is 1.87. The summed E-state index contributed by atoms with van der Waals surface area (Å²) >= 11 is 0. The van der Waals surface area contributed by atoms with Gasteiger partial charge in [-0.2, -0.15) is 0 Å². The number of rotatable bonds is 4. The van der Waals surface area contributed by atoms with Gasteiger partial charge in [-0.3, -0.25) is 9.69 Å². The van der Waals surface area contributed by atoms with Crippen LogP contribution < -0.4 is 4.90 Å². The largest absolute Gasteiger partial charge is 0.447 e. The quantitative estimate of drug-likeness (QED) is 0.813. The number of carbonyl (C=O) groups excluding carboxylic acids is 2. The fraction of sp³-hybridized carbons (Fsp3) is 0.667. The Balaban J connectivity index is 1.77. The van der Waals surface area contributed by atoms with Gasteiger partial charge in [0.25, 0.3) is 0 Å². The van der Waals surface area contributed by atoms with Crippen LogP contribution in [-0.4, -0.2) is 65.8 Å². The Morgan fingerprint density at radius 3 is 2.62 bits per heavy atom. The van der Waals surface area contributed by atoms with Gasteiger partial charge in [0.1, 0.15) is 24.9 Å². The van der Waals surface area contributed by atoms with E-state index in [0.717, 1.165) is 24.4 Å². The van der Waals surface area contributed by atoms with Gasteiger partial charge in [-0.1, -0.05) is 0 Å². The number of nitrogens with zero attached hydrogens (tertiary/aromatic N) is 4. The SMILES string of the molecule is COCC(=O)N1CCC(c2nc(C)cc(N3C(=O)OCC3(C)C)n2)CC1. The third-order valence-electron chi connectivity index (χ3n) is 4.90. The number of aryl methyl sites for hydroxylation is 1. The Bertz CT molecular complexity index is 698. The van der Waals surface area contributed by atoms with Crippen LogP contribution in [0.25, 0.3) is 0 Å². The van der Waals surface area contributed by atoms with E-state index in [2.05, 4.69) is 9.97 Å². The first-order valence-electron chi connectivity index (χ1n) is 8.91. The zero-order chi connectivity index (χ0) is 18.9. The van der Waals surface area contributed by atoms with Crippen molar-refractivity contribution >= 4 is 17.8 Å². The van der Waals surface area contributed by atoms with E-state index in [0.29, 0.717) is 25.5 Å². The molecule has 2 amide bonds. The second-order valence-electron chi connectivity index (χ2n) is 7.52. The molecule has 8 nitrogen and oxygen atoms in total. The molecular formula is C18H26N4O4. The van der Waals surface area contributed by atoms with Crippen molar-refractivity contribution in [3.05, 3.63) is 17.6 Å². The van der Waals surface area contributed by atoms with Crippen molar-refractivity contribution in [2.75, 3.05) is 38.3 Å². The van der Waals surface area contributed by atoms with Gasteiger partial charge in [-0.15, -0.1) is 0 Å². The van der Waals surface area contributed by atoms with Gasteiger partial charge in [0.05, 0.1) is 5.54 Å². The number of anilines is 1. The molecule has 8 heteroatoms. The molecule has 0 spiro atoms. The van der Waals surface area contributed by atoms with Gasteiger partial charge in [0.2, 0.25) is 5.91 Å². The van der Waals surface area contributed by atoms with Gasteiger partial charge in [-0.25, -0.2) is 14.8 Å². The van der Waals surface area contributed by atoms with Gasteiger partial charge in [0.15, 0.2) is 0 Å². The molecule has 2 aliphatic heterocycles. The zero-order valence-electron chi connectivity index (χ0n) is 15.8. The molecule has 2 fully saturated rings. The Labute approximate surface area is 153 Å². The average Bonchev–Trinajstić information content (AvgIpc) is 2.87. The number of amides is 2. The van der Waals surface area contributed by atoms with Crippen molar-refractivity contribution in [3.8, 4) is 0 Å². The molecule has 2 saturated heterocycles. The minimum atomic E-state index is -0.439. The van der Waals surface area contributed by atoms with E-state index in [1.165, 1.54) is 7.11 Å². The zero-order valence-corrected chi connectivity index (χ0v) is 15.8. The maximum atomic E-state index is 12.2. The normalized spacial score (nSPS) is 20.4. The number of ether oxygens (including phenoxy) is 2. The van der Waals surface area contributed by atoms with E-state index >= 15 is 0 Å². The molecule has 0 N–H and O–H groups in total. The molecule has 0 atom stereocenters. The van der Waals surface area contributed by atoms with Crippen LogP contribution in [0.5, 0.6) is 0 Å². The molecule has 3 rings (SSSR count). The van der Waals surface area contributed by atoms with Crippen molar-refractivity contribution < 1.29 is 19.1 Å². The number of cyclic esters (lactones) is 1. The first kappa shape index (κ1) is 18.6. The molecule has 0 aliphatic carbocycles. The molecule has 1 aromatic rings. The predicted molar refractivity (Wildman–Crippen MR) is 95.1 cm³/mol. The number of aromatic nitrogens is 2. The van der Waals surface area contributed by atoms with Gasteiger partial charge in [0, 0.05) is 37.9 Å². The smallest absolute Gasteiger partial charge is 0.416 e. The highest BCUT2D eigenvalue weighted by molar-refractivity contribution is 5.90. The Hall–Kier alpha value is -2.22. The lowest BCUT2D eigenvalue weighted by Crippen LogP contribution is -2.43. The van der Waals surface area contributed by atoms with Crippen LogP contribution in [0, 0.1) is 6.92 Å². The topological polar surface area (TPSA) is 84.9 Å². The molecule has 26 heavy (non-hydrogen) atoms. The van der Waals surface area contributed by atoms with Crippen LogP contribution in [0.2, 0.25) is 0 Å². The Kier molecular flexibility index (Phi) is 5.13. The van der Waals surface area contributed by atoms with E-state index < -0.39 is 5.54 Å². The van der Waals surface area contributed by atoms with Crippen LogP contribution in [0.4, 0.5) is 10.6 Å². The molecule has 0 bridgehead atoms. The first-order valence-corrected chi connectivity index (χ1v) is 8.91. The number of likely N-dealkylation sites (tertiary alicyclic amines) is 1. The summed E-state index contributed by atoms with van der Waals surface area (Å²) in [5, 5.41) is 0. The molecule has 0 unspecified atom stereocenters. The highest BCUT2D eigenvalue weighted by Gasteiger charge is 2.42. The summed E-state index contributed by atoms with van der Waals surface area (Å²) in [6.07, 6.45) is 1.22. The first-order chi connectivity index (χ1) is 12.3. The van der Waals surface area contributed by atoms with Crippen molar-refractivity contribution in [1.82, 2.24) is 14.9 Å². The lowest BCUT2D eigenvalue weighted by molar-refractivity contribution is -0.136. The third-order valence-corrected chi connectivity index (χ3v) is 4.90. The van der Waals surface area contributed by atoms with Gasteiger partial charge >= 0.3 is 6.09 Å². The van der Waals surface area contributed by atoms with Crippen molar-refractivity contribution in [1.29, 1.82) is 0 Å². The molecule has 0 saturated carbocycles. The highest BCUT2D eigenvalue weighted by atomic mass is 16.6. The molecule has 1 aromatic heterocycles. The minimum absolute atomic E-state index is 0.0124. The van der Waals surface area contributed by atoms with E-state index in [1.54, 1.807) is 4.90 Å². The summed E-state index contributed by atoms with van der Waals surface area (Å²) in [6.45, 7) is 7.59. The van der Waals surface area contributed by atoms with Crippen LogP contribution >= 0.6 is 0 Å². The third kappa shape index (κ3) is 3.65. The number of methoxy groups -OCH3 is 1. The molecular weight excluding hydrogens is 336 g/mol. The molecule has 0 radical (unpaired) electrons. The van der Waals surface area contributed by atoms with Gasteiger partial charge in [-0.05, 0) is 33.6 Å². The standard InChI is InChI=1S/C18H26N4O4/c1-12-9-14(22-17(24)26-11-18(22,2)3)20-16(19-12)13-5-7-21(8-6-13)15(23)10-25-4/h9,13H,5-8,10-11H2,1-4H3. The van der Waals surface area contributed by atoms with E-state index in [4.69, 9.17) is 9.47 Å². The maximum absolute atomic E-state index is 12.2. The van der Waals surface area contributed by atoms with Crippen LogP contribution in [0.15, 0.2) is 6.07 Å². The summed E-state index contributed by atoms with van der Waals surface area (Å²) < 4.78 is 10.1. The molecule has 3 heterocycles. The van der Waals surface area contributed by atoms with E-state index in [-0.39, 0.29) is 24.5 Å². The maximum Gasteiger partial charge on any atom is 0.416 e. The fourth-order valence-electron chi connectivity index (χ4n) is 3.49. The number of hydrogen-bond donors (Lipinski definition) is 0. The Morgan fingerprint density at radius 2 is 2.04 bits per heavy atom. The summed E-state index contributed by atoms with van der Waals surface area (Å²) in [7, 11) is 1.53. The lowest BCUT2D eigenvalue weighted by Gasteiger charge is -2.32. The fourth-order valence-corrected chi connectivity index (χ4v) is 3.49. The number of hydrogen-bond acceptors (Lipinski definition) is 6. The minimum Gasteiger partial charge on any atom is -0.447 e. The van der Waals surface area contributed by atoms with Gasteiger partial charge < -0.3 is 14.4 Å². The van der Waals surface area contributed by atoms with Crippen molar-refractivity contribution in [2.24, 2.45) is 0 Å². The molecule has 0 aromatic carbocycles. The summed E-state index contributed by atoms with van der Waals surface area (Å²) in [5.41, 5.74) is 0.379.